The molecule has 1 saturated carbocycles. The Labute approximate surface area is 113 Å². The van der Waals surface area contributed by atoms with Crippen LogP contribution in [0.5, 0.6) is 0 Å². The lowest BCUT2D eigenvalue weighted by Crippen LogP contribution is -2.26. The van der Waals surface area contributed by atoms with E-state index in [4.69, 9.17) is 16.6 Å². The Morgan fingerprint density at radius 1 is 1.39 bits per heavy atom. The van der Waals surface area contributed by atoms with Crippen molar-refractivity contribution in [3.63, 3.8) is 0 Å². The second kappa shape index (κ2) is 4.58. The average molecular weight is 263 g/mol. The van der Waals surface area contributed by atoms with Gasteiger partial charge in [0.05, 0.1) is 11.0 Å². The van der Waals surface area contributed by atoms with Crippen LogP contribution in [-0.2, 0) is 6.42 Å². The molecule has 1 aromatic heterocycles. The number of halogens is 1. The van der Waals surface area contributed by atoms with Crippen molar-refractivity contribution >= 4 is 22.6 Å². The van der Waals surface area contributed by atoms with Crippen molar-refractivity contribution < 1.29 is 0 Å². The Kier molecular flexibility index (Phi) is 3.06. The highest BCUT2D eigenvalue weighted by Crippen LogP contribution is 2.40. The smallest absolute Gasteiger partial charge is 0.111 e. The van der Waals surface area contributed by atoms with Crippen LogP contribution in [0.15, 0.2) is 18.2 Å². The molecule has 1 heterocycles. The van der Waals surface area contributed by atoms with Crippen LogP contribution in [0.1, 0.15) is 37.2 Å². The van der Waals surface area contributed by atoms with E-state index >= 15 is 0 Å². The molecule has 0 unspecified atom stereocenters. The summed E-state index contributed by atoms with van der Waals surface area (Å²) in [6.45, 7) is 4.44. The number of hydrogen-bond donors (Lipinski definition) is 0. The topological polar surface area (TPSA) is 17.8 Å². The van der Waals surface area contributed by atoms with Gasteiger partial charge in [0, 0.05) is 18.3 Å². The monoisotopic (exact) mass is 262 g/mol. The highest BCUT2D eigenvalue weighted by atomic mass is 35.5. The van der Waals surface area contributed by atoms with Gasteiger partial charge in [0.1, 0.15) is 5.82 Å². The van der Waals surface area contributed by atoms with Crippen molar-refractivity contribution in [1.82, 2.24) is 9.55 Å². The van der Waals surface area contributed by atoms with Crippen molar-refractivity contribution in [2.75, 3.05) is 5.88 Å². The Bertz CT molecular complexity index is 567. The summed E-state index contributed by atoms with van der Waals surface area (Å²) < 4.78 is 2.43. The Hall–Kier alpha value is -1.02. The van der Waals surface area contributed by atoms with E-state index in [0.29, 0.717) is 11.9 Å². The molecule has 1 aliphatic carbocycles. The summed E-state index contributed by atoms with van der Waals surface area (Å²) in [5.74, 6) is 2.65. The molecule has 2 aromatic rings. The molecule has 0 atom stereocenters. The number of rotatable bonds is 3. The molecule has 1 aliphatic rings. The van der Waals surface area contributed by atoms with Crippen LogP contribution in [0.2, 0.25) is 0 Å². The summed E-state index contributed by atoms with van der Waals surface area (Å²) in [5, 5.41) is 0. The van der Waals surface area contributed by atoms with Gasteiger partial charge >= 0.3 is 0 Å². The highest BCUT2D eigenvalue weighted by Gasteiger charge is 2.29. The highest BCUT2D eigenvalue weighted by molar-refractivity contribution is 6.17. The molecule has 0 aliphatic heterocycles. The van der Waals surface area contributed by atoms with Gasteiger partial charge in [-0.1, -0.05) is 13.0 Å². The van der Waals surface area contributed by atoms with Gasteiger partial charge in [0.15, 0.2) is 0 Å². The standard InChI is InChI=1S/C15H19ClN2/c1-10-3-4-14-13(9-10)17-15(5-6-16)18(14)12-7-11(2)8-12/h3-4,9,11-12H,5-8H2,1-2H3. The molecule has 3 rings (SSSR count). The third-order valence-corrected chi connectivity index (χ3v) is 4.14. The molecule has 2 nitrogen and oxygen atoms in total. The molecule has 0 saturated heterocycles. The molecule has 0 amide bonds. The summed E-state index contributed by atoms with van der Waals surface area (Å²) >= 11 is 5.91. The molecule has 18 heavy (non-hydrogen) atoms. The summed E-state index contributed by atoms with van der Waals surface area (Å²) in [5.41, 5.74) is 3.67. The van der Waals surface area contributed by atoms with E-state index in [2.05, 4.69) is 36.6 Å². The second-order valence-electron chi connectivity index (χ2n) is 5.56. The predicted octanol–water partition coefficient (Wildman–Crippen LogP) is 4.10. The number of nitrogens with zero attached hydrogens (tertiary/aromatic N) is 2. The van der Waals surface area contributed by atoms with Gasteiger partial charge in [-0.25, -0.2) is 4.98 Å². The number of aryl methyl sites for hydroxylation is 2. The summed E-state index contributed by atoms with van der Waals surface area (Å²) in [7, 11) is 0. The minimum absolute atomic E-state index is 0.630. The molecule has 0 radical (unpaired) electrons. The Morgan fingerprint density at radius 3 is 2.83 bits per heavy atom. The normalized spacial score (nSPS) is 23.3. The van der Waals surface area contributed by atoms with Crippen LogP contribution in [0.3, 0.4) is 0 Å². The molecule has 0 bridgehead atoms. The fourth-order valence-electron chi connectivity index (χ4n) is 3.00. The summed E-state index contributed by atoms with van der Waals surface area (Å²) in [6.07, 6.45) is 3.41. The fourth-order valence-corrected chi connectivity index (χ4v) is 3.17. The molecular formula is C15H19ClN2. The maximum Gasteiger partial charge on any atom is 0.111 e. The number of fused-ring (bicyclic) bond motifs is 1. The van der Waals surface area contributed by atoms with Crippen LogP contribution in [0, 0.1) is 12.8 Å². The molecule has 3 heteroatoms. The number of benzene rings is 1. The SMILES string of the molecule is Cc1ccc2c(c1)nc(CCCl)n2C1CC(C)C1. The van der Waals surface area contributed by atoms with Gasteiger partial charge < -0.3 is 4.57 Å². The number of alkyl halides is 1. The molecule has 0 N–H and O–H groups in total. The van der Waals surface area contributed by atoms with Gasteiger partial charge in [-0.05, 0) is 43.4 Å². The zero-order valence-electron chi connectivity index (χ0n) is 11.0. The molecular weight excluding hydrogens is 244 g/mol. The summed E-state index contributed by atoms with van der Waals surface area (Å²) in [6, 6.07) is 7.18. The minimum Gasteiger partial charge on any atom is -0.325 e. The number of hydrogen-bond acceptors (Lipinski definition) is 1. The number of imidazole rings is 1. The Morgan fingerprint density at radius 2 is 2.17 bits per heavy atom. The molecule has 1 aromatic carbocycles. The molecule has 1 fully saturated rings. The Balaban J connectivity index is 2.10. The second-order valence-corrected chi connectivity index (χ2v) is 5.94. The number of aromatic nitrogens is 2. The van der Waals surface area contributed by atoms with Crippen LogP contribution >= 0.6 is 11.6 Å². The predicted molar refractivity (Wildman–Crippen MR) is 76.3 cm³/mol. The first-order chi connectivity index (χ1) is 8.69. The van der Waals surface area contributed by atoms with E-state index < -0.39 is 0 Å². The van der Waals surface area contributed by atoms with Gasteiger partial charge in [0.25, 0.3) is 0 Å². The maximum atomic E-state index is 5.91. The van der Waals surface area contributed by atoms with Crippen LogP contribution < -0.4 is 0 Å². The van der Waals surface area contributed by atoms with Gasteiger partial charge in [-0.2, -0.15) is 0 Å². The first-order valence-electron chi connectivity index (χ1n) is 6.72. The third kappa shape index (κ3) is 1.93. The summed E-state index contributed by atoms with van der Waals surface area (Å²) in [4.78, 5) is 4.77. The van der Waals surface area contributed by atoms with Crippen molar-refractivity contribution in [1.29, 1.82) is 0 Å². The van der Waals surface area contributed by atoms with Crippen molar-refractivity contribution in [3.05, 3.63) is 29.6 Å². The average Bonchev–Trinajstić information content (AvgIpc) is 2.62. The van der Waals surface area contributed by atoms with Gasteiger partial charge in [-0.3, -0.25) is 0 Å². The van der Waals surface area contributed by atoms with E-state index in [0.717, 1.165) is 23.7 Å². The van der Waals surface area contributed by atoms with E-state index in [1.165, 1.54) is 23.9 Å². The van der Waals surface area contributed by atoms with E-state index in [1.54, 1.807) is 0 Å². The third-order valence-electron chi connectivity index (χ3n) is 3.95. The van der Waals surface area contributed by atoms with Crippen LogP contribution in [0.25, 0.3) is 11.0 Å². The van der Waals surface area contributed by atoms with Crippen molar-refractivity contribution in [2.24, 2.45) is 5.92 Å². The largest absolute Gasteiger partial charge is 0.325 e. The van der Waals surface area contributed by atoms with E-state index in [-0.39, 0.29) is 0 Å². The van der Waals surface area contributed by atoms with Crippen molar-refractivity contribution in [3.8, 4) is 0 Å². The lowest BCUT2D eigenvalue weighted by Gasteiger charge is -2.35. The lowest BCUT2D eigenvalue weighted by atomic mass is 9.81. The molecule has 96 valence electrons. The first-order valence-corrected chi connectivity index (χ1v) is 7.26. The van der Waals surface area contributed by atoms with Gasteiger partial charge in [-0.15, -0.1) is 11.6 Å². The zero-order valence-corrected chi connectivity index (χ0v) is 11.7. The first kappa shape index (κ1) is 12.0. The fraction of sp³-hybridized carbons (Fsp3) is 0.533. The van der Waals surface area contributed by atoms with Gasteiger partial charge in [0.2, 0.25) is 0 Å². The van der Waals surface area contributed by atoms with E-state index in [9.17, 15) is 0 Å². The lowest BCUT2D eigenvalue weighted by molar-refractivity contribution is 0.217. The van der Waals surface area contributed by atoms with Crippen LogP contribution in [0.4, 0.5) is 0 Å². The zero-order chi connectivity index (χ0) is 12.7. The quantitative estimate of drug-likeness (QED) is 0.762. The molecule has 0 spiro atoms. The van der Waals surface area contributed by atoms with Crippen molar-refractivity contribution in [2.45, 2.75) is 39.2 Å². The van der Waals surface area contributed by atoms with E-state index in [1.807, 2.05) is 0 Å². The minimum atomic E-state index is 0.630. The van der Waals surface area contributed by atoms with Crippen LogP contribution in [-0.4, -0.2) is 15.4 Å². The maximum absolute atomic E-state index is 5.91.